The highest BCUT2D eigenvalue weighted by Crippen LogP contribution is 2.22. The minimum Gasteiger partial charge on any atom is -0.491 e. The van der Waals surface area contributed by atoms with E-state index in [4.69, 9.17) is 10.00 Å². The van der Waals surface area contributed by atoms with Crippen molar-refractivity contribution in [3.63, 3.8) is 0 Å². The van der Waals surface area contributed by atoms with Crippen LogP contribution in [0.25, 0.3) is 0 Å². The van der Waals surface area contributed by atoms with Crippen LogP contribution in [0, 0.1) is 11.3 Å². The lowest BCUT2D eigenvalue weighted by Crippen LogP contribution is -2.38. The summed E-state index contributed by atoms with van der Waals surface area (Å²) in [6, 6.07) is 9.68. The minimum atomic E-state index is -0.508. The van der Waals surface area contributed by atoms with Crippen molar-refractivity contribution < 1.29 is 9.84 Å². The molecular weight excluding hydrogens is 252 g/mol. The Kier molecular flexibility index (Phi) is 5.40. The molecule has 0 heterocycles. The van der Waals surface area contributed by atoms with E-state index in [1.807, 2.05) is 0 Å². The molecule has 1 atom stereocenters. The number of nitrogens with zero attached hydrogens (tertiary/aromatic N) is 2. The first-order valence-corrected chi connectivity index (χ1v) is 7.20. The van der Waals surface area contributed by atoms with E-state index in [2.05, 4.69) is 18.0 Å². The molecule has 1 fully saturated rings. The van der Waals surface area contributed by atoms with Gasteiger partial charge in [-0.3, -0.25) is 0 Å². The van der Waals surface area contributed by atoms with Crippen molar-refractivity contribution in [2.45, 2.75) is 37.8 Å². The maximum atomic E-state index is 10.0. The average Bonchev–Trinajstić information content (AvgIpc) is 2.99. The second-order valence-electron chi connectivity index (χ2n) is 5.48. The van der Waals surface area contributed by atoms with Crippen LogP contribution in [-0.2, 0) is 0 Å². The minimum absolute atomic E-state index is 0.256. The summed E-state index contributed by atoms with van der Waals surface area (Å²) < 4.78 is 5.55. The molecule has 0 aliphatic heterocycles. The van der Waals surface area contributed by atoms with Crippen molar-refractivity contribution in [2.24, 2.45) is 0 Å². The standard InChI is InChI=1S/C16H22N2O2/c1-18(14-6-2-3-7-14)11-15(19)12-20-16-8-4-5-13(9-16)10-17/h4-5,8-9,14-15,19H,2-3,6-7,11-12H2,1H3. The maximum Gasteiger partial charge on any atom is 0.120 e. The van der Waals surface area contributed by atoms with Gasteiger partial charge in [0.05, 0.1) is 11.6 Å². The van der Waals surface area contributed by atoms with Gasteiger partial charge in [-0.05, 0) is 38.1 Å². The third kappa shape index (κ3) is 4.22. The van der Waals surface area contributed by atoms with Crippen LogP contribution in [0.15, 0.2) is 24.3 Å². The van der Waals surface area contributed by atoms with Gasteiger partial charge in [-0.25, -0.2) is 0 Å². The van der Waals surface area contributed by atoms with E-state index >= 15 is 0 Å². The summed E-state index contributed by atoms with van der Waals surface area (Å²) in [5.41, 5.74) is 0.570. The molecule has 1 N–H and O–H groups in total. The fourth-order valence-electron chi connectivity index (χ4n) is 2.73. The summed E-state index contributed by atoms with van der Waals surface area (Å²) in [6.45, 7) is 0.883. The summed E-state index contributed by atoms with van der Waals surface area (Å²) in [4.78, 5) is 2.23. The second kappa shape index (κ2) is 7.28. The Morgan fingerprint density at radius 2 is 2.20 bits per heavy atom. The smallest absolute Gasteiger partial charge is 0.120 e. The van der Waals surface area contributed by atoms with Gasteiger partial charge in [0, 0.05) is 12.6 Å². The first-order valence-electron chi connectivity index (χ1n) is 7.20. The molecular formula is C16H22N2O2. The quantitative estimate of drug-likeness (QED) is 0.863. The van der Waals surface area contributed by atoms with Gasteiger partial charge < -0.3 is 14.7 Å². The van der Waals surface area contributed by atoms with E-state index in [1.165, 1.54) is 25.7 Å². The molecule has 1 aromatic rings. The Morgan fingerprint density at radius 1 is 1.45 bits per heavy atom. The van der Waals surface area contributed by atoms with Gasteiger partial charge in [-0.15, -0.1) is 0 Å². The van der Waals surface area contributed by atoms with Crippen molar-refractivity contribution >= 4 is 0 Å². The molecule has 0 bridgehead atoms. The predicted octanol–water partition coefficient (Wildman–Crippen LogP) is 2.17. The molecule has 1 aliphatic carbocycles. The number of hydrogen-bond acceptors (Lipinski definition) is 4. The molecule has 4 heteroatoms. The Labute approximate surface area is 120 Å². The highest BCUT2D eigenvalue weighted by Gasteiger charge is 2.21. The van der Waals surface area contributed by atoms with Gasteiger partial charge >= 0.3 is 0 Å². The van der Waals surface area contributed by atoms with Crippen LogP contribution >= 0.6 is 0 Å². The first-order chi connectivity index (χ1) is 9.69. The largest absolute Gasteiger partial charge is 0.491 e. The molecule has 1 aromatic carbocycles. The second-order valence-corrected chi connectivity index (χ2v) is 5.48. The Balaban J connectivity index is 1.76. The molecule has 1 unspecified atom stereocenters. The lowest BCUT2D eigenvalue weighted by molar-refractivity contribution is 0.0638. The molecule has 2 rings (SSSR count). The Hall–Kier alpha value is -1.57. The average molecular weight is 274 g/mol. The molecule has 20 heavy (non-hydrogen) atoms. The van der Waals surface area contributed by atoms with Crippen LogP contribution in [0.2, 0.25) is 0 Å². The van der Waals surface area contributed by atoms with Crippen molar-refractivity contribution in [3.8, 4) is 11.8 Å². The predicted molar refractivity (Wildman–Crippen MR) is 77.5 cm³/mol. The van der Waals surface area contributed by atoms with Crippen molar-refractivity contribution in [3.05, 3.63) is 29.8 Å². The number of ether oxygens (including phenoxy) is 1. The molecule has 1 saturated carbocycles. The van der Waals surface area contributed by atoms with Crippen LogP contribution in [0.3, 0.4) is 0 Å². The van der Waals surface area contributed by atoms with Crippen molar-refractivity contribution in [1.82, 2.24) is 4.90 Å². The number of hydrogen-bond donors (Lipinski definition) is 1. The van der Waals surface area contributed by atoms with E-state index in [0.29, 0.717) is 23.9 Å². The molecule has 0 radical (unpaired) electrons. The maximum absolute atomic E-state index is 10.0. The van der Waals surface area contributed by atoms with Gasteiger partial charge in [0.15, 0.2) is 0 Å². The van der Waals surface area contributed by atoms with Crippen molar-refractivity contribution in [1.29, 1.82) is 5.26 Å². The summed E-state index contributed by atoms with van der Waals surface area (Å²) in [5, 5.41) is 18.9. The van der Waals surface area contributed by atoms with E-state index in [9.17, 15) is 5.11 Å². The van der Waals surface area contributed by atoms with Crippen molar-refractivity contribution in [2.75, 3.05) is 20.2 Å². The SMILES string of the molecule is CN(CC(O)COc1cccc(C#N)c1)C1CCCC1. The highest BCUT2D eigenvalue weighted by atomic mass is 16.5. The van der Waals surface area contributed by atoms with Gasteiger partial charge in [0.25, 0.3) is 0 Å². The topological polar surface area (TPSA) is 56.5 Å². The molecule has 4 nitrogen and oxygen atoms in total. The van der Waals surface area contributed by atoms with Gasteiger partial charge in [0.2, 0.25) is 0 Å². The highest BCUT2D eigenvalue weighted by molar-refractivity contribution is 5.36. The third-order valence-electron chi connectivity index (χ3n) is 3.85. The monoisotopic (exact) mass is 274 g/mol. The van der Waals surface area contributed by atoms with E-state index in [0.717, 1.165) is 0 Å². The van der Waals surface area contributed by atoms with E-state index < -0.39 is 6.10 Å². The molecule has 108 valence electrons. The zero-order chi connectivity index (χ0) is 14.4. The summed E-state index contributed by atoms with van der Waals surface area (Å²) in [7, 11) is 2.06. The summed E-state index contributed by atoms with van der Waals surface area (Å²) >= 11 is 0. The molecule has 0 spiro atoms. The molecule has 1 aliphatic rings. The van der Waals surface area contributed by atoms with Crippen LogP contribution in [0.4, 0.5) is 0 Å². The van der Waals surface area contributed by atoms with E-state index in [1.54, 1.807) is 24.3 Å². The number of aliphatic hydroxyl groups is 1. The fourth-order valence-corrected chi connectivity index (χ4v) is 2.73. The van der Waals surface area contributed by atoms with Crippen LogP contribution in [-0.4, -0.2) is 42.4 Å². The zero-order valence-electron chi connectivity index (χ0n) is 12.0. The van der Waals surface area contributed by atoms with Crippen LogP contribution in [0.1, 0.15) is 31.2 Å². The lowest BCUT2D eigenvalue weighted by Gasteiger charge is -2.26. The third-order valence-corrected chi connectivity index (χ3v) is 3.85. The number of rotatable bonds is 6. The first kappa shape index (κ1) is 14.8. The van der Waals surface area contributed by atoms with Gasteiger partial charge in [0.1, 0.15) is 18.5 Å². The number of nitriles is 1. The summed E-state index contributed by atoms with van der Waals surface area (Å²) in [5.74, 6) is 0.631. The normalized spacial score (nSPS) is 17.1. The van der Waals surface area contributed by atoms with E-state index in [-0.39, 0.29) is 6.61 Å². The summed E-state index contributed by atoms with van der Waals surface area (Å²) in [6.07, 6.45) is 4.54. The van der Waals surface area contributed by atoms with Gasteiger partial charge in [-0.2, -0.15) is 5.26 Å². The Morgan fingerprint density at radius 3 is 2.90 bits per heavy atom. The number of benzene rings is 1. The lowest BCUT2D eigenvalue weighted by atomic mass is 10.2. The van der Waals surface area contributed by atoms with Crippen LogP contribution in [0.5, 0.6) is 5.75 Å². The Bertz CT molecular complexity index is 464. The molecule has 0 saturated heterocycles. The molecule has 0 aromatic heterocycles. The molecule has 0 amide bonds. The van der Waals surface area contributed by atoms with Gasteiger partial charge in [-0.1, -0.05) is 18.9 Å². The number of likely N-dealkylation sites (N-methyl/N-ethyl adjacent to an activating group) is 1. The number of aliphatic hydroxyl groups excluding tert-OH is 1. The zero-order valence-corrected chi connectivity index (χ0v) is 12.0. The fraction of sp³-hybridized carbons (Fsp3) is 0.562. The van der Waals surface area contributed by atoms with Crippen LogP contribution < -0.4 is 4.74 Å².